The minimum absolute atomic E-state index is 0.136. The van der Waals surface area contributed by atoms with Crippen molar-refractivity contribution in [2.75, 3.05) is 13.2 Å². The molecule has 118 valence electrons. The van der Waals surface area contributed by atoms with E-state index in [2.05, 4.69) is 5.32 Å². The van der Waals surface area contributed by atoms with Gasteiger partial charge in [0, 0.05) is 6.54 Å². The Morgan fingerprint density at radius 2 is 2.05 bits per heavy atom. The fourth-order valence-corrected chi connectivity index (χ4v) is 1.96. The van der Waals surface area contributed by atoms with E-state index in [4.69, 9.17) is 14.9 Å². The monoisotopic (exact) mass is 302 g/mol. The molecule has 1 heterocycles. The molecule has 0 saturated heterocycles. The molecular formula is C17H22N2O3. The van der Waals surface area contributed by atoms with Gasteiger partial charge in [-0.05, 0) is 38.0 Å². The minimum Gasteiger partial charge on any atom is -0.494 e. The van der Waals surface area contributed by atoms with Gasteiger partial charge in [0.2, 0.25) is 0 Å². The van der Waals surface area contributed by atoms with Crippen LogP contribution in [-0.4, -0.2) is 19.1 Å². The largest absolute Gasteiger partial charge is 0.494 e. The summed E-state index contributed by atoms with van der Waals surface area (Å²) in [6.45, 7) is 3.59. The van der Waals surface area contributed by atoms with Crippen LogP contribution in [0, 0.1) is 6.92 Å². The second-order valence-corrected chi connectivity index (χ2v) is 5.13. The molecule has 0 saturated carbocycles. The van der Waals surface area contributed by atoms with Crippen LogP contribution in [0.3, 0.4) is 0 Å². The Morgan fingerprint density at radius 3 is 2.73 bits per heavy atom. The number of rotatable bonds is 8. The summed E-state index contributed by atoms with van der Waals surface area (Å²) < 4.78 is 10.8. The number of benzene rings is 1. The molecule has 0 atom stereocenters. The number of unbranched alkanes of at least 4 members (excludes halogenated alkanes) is 1. The predicted molar refractivity (Wildman–Crippen MR) is 84.8 cm³/mol. The molecule has 0 radical (unpaired) electrons. The lowest BCUT2D eigenvalue weighted by molar-refractivity contribution is 0.0951. The summed E-state index contributed by atoms with van der Waals surface area (Å²) in [5.74, 6) is 1.35. The van der Waals surface area contributed by atoms with Gasteiger partial charge < -0.3 is 20.2 Å². The highest BCUT2D eigenvalue weighted by Crippen LogP contribution is 2.11. The molecule has 0 aliphatic heterocycles. The first kappa shape index (κ1) is 16.1. The number of nitrogens with one attached hydrogen (secondary N) is 1. The zero-order chi connectivity index (χ0) is 15.8. The molecule has 22 heavy (non-hydrogen) atoms. The number of nitrogens with two attached hydrogens (primary N) is 1. The number of hydrogen-bond acceptors (Lipinski definition) is 4. The van der Waals surface area contributed by atoms with Crippen molar-refractivity contribution in [3.05, 3.63) is 53.5 Å². The van der Waals surface area contributed by atoms with Crippen LogP contribution in [0.1, 0.15) is 34.5 Å². The van der Waals surface area contributed by atoms with Crippen molar-refractivity contribution in [2.45, 2.75) is 26.3 Å². The minimum atomic E-state index is -0.136. The molecule has 1 aromatic heterocycles. The second-order valence-electron chi connectivity index (χ2n) is 5.13. The zero-order valence-electron chi connectivity index (χ0n) is 12.8. The fraction of sp³-hybridized carbons (Fsp3) is 0.353. The van der Waals surface area contributed by atoms with Gasteiger partial charge in [-0.15, -0.1) is 0 Å². The number of hydrogen-bond donors (Lipinski definition) is 2. The molecule has 0 aliphatic rings. The fourth-order valence-electron chi connectivity index (χ4n) is 1.96. The highest BCUT2D eigenvalue weighted by Gasteiger charge is 2.08. The summed E-state index contributed by atoms with van der Waals surface area (Å²) in [5.41, 5.74) is 7.16. The maximum absolute atomic E-state index is 11.8. The first-order chi connectivity index (χ1) is 10.7. The zero-order valence-corrected chi connectivity index (χ0v) is 12.8. The number of ether oxygens (including phenoxy) is 1. The van der Waals surface area contributed by atoms with E-state index in [-0.39, 0.29) is 5.91 Å². The van der Waals surface area contributed by atoms with Crippen molar-refractivity contribution in [2.24, 2.45) is 5.73 Å². The first-order valence-corrected chi connectivity index (χ1v) is 7.44. The molecule has 5 heteroatoms. The Labute approximate surface area is 130 Å². The highest BCUT2D eigenvalue weighted by molar-refractivity contribution is 5.93. The van der Waals surface area contributed by atoms with Gasteiger partial charge in [0.25, 0.3) is 5.91 Å². The molecule has 1 amide bonds. The smallest absolute Gasteiger partial charge is 0.254 e. The van der Waals surface area contributed by atoms with Crippen LogP contribution >= 0.6 is 0 Å². The van der Waals surface area contributed by atoms with Crippen LogP contribution < -0.4 is 15.8 Å². The van der Waals surface area contributed by atoms with Crippen molar-refractivity contribution in [1.82, 2.24) is 5.32 Å². The summed E-state index contributed by atoms with van der Waals surface area (Å²) in [6, 6.07) is 9.64. The van der Waals surface area contributed by atoms with E-state index >= 15 is 0 Å². The average Bonchev–Trinajstić information content (AvgIpc) is 3.01. The average molecular weight is 302 g/mol. The van der Waals surface area contributed by atoms with Crippen molar-refractivity contribution < 1.29 is 13.9 Å². The first-order valence-electron chi connectivity index (χ1n) is 7.44. The molecule has 0 fully saturated rings. The van der Waals surface area contributed by atoms with Gasteiger partial charge in [-0.25, -0.2) is 0 Å². The predicted octanol–water partition coefficient (Wildman–Crippen LogP) is 2.64. The number of carbonyl (C=O) groups is 1. The Hall–Kier alpha value is -2.27. The maximum Gasteiger partial charge on any atom is 0.254 e. The van der Waals surface area contributed by atoms with Gasteiger partial charge in [-0.3, -0.25) is 4.79 Å². The van der Waals surface area contributed by atoms with Gasteiger partial charge in [-0.1, -0.05) is 17.7 Å². The molecule has 5 nitrogen and oxygen atoms in total. The van der Waals surface area contributed by atoms with E-state index < -0.39 is 0 Å². The Kier molecular flexibility index (Phi) is 6.03. The van der Waals surface area contributed by atoms with E-state index in [1.165, 1.54) is 11.8 Å². The number of carbonyl (C=O) groups excluding carboxylic acids is 1. The van der Waals surface area contributed by atoms with Crippen LogP contribution in [0.25, 0.3) is 0 Å². The third-order valence-corrected chi connectivity index (χ3v) is 3.26. The normalized spacial score (nSPS) is 10.5. The summed E-state index contributed by atoms with van der Waals surface area (Å²) >= 11 is 0. The summed E-state index contributed by atoms with van der Waals surface area (Å²) in [7, 11) is 0. The van der Waals surface area contributed by atoms with E-state index in [0.29, 0.717) is 31.0 Å². The Balaban J connectivity index is 1.59. The lowest BCUT2D eigenvalue weighted by Crippen LogP contribution is -2.24. The van der Waals surface area contributed by atoms with Crippen molar-refractivity contribution >= 4 is 5.91 Å². The quantitative estimate of drug-likeness (QED) is 0.735. The number of aryl methyl sites for hydroxylation is 1. The molecule has 0 aliphatic carbocycles. The van der Waals surface area contributed by atoms with Crippen molar-refractivity contribution in [3.63, 3.8) is 0 Å². The van der Waals surface area contributed by atoms with Gasteiger partial charge in [-0.2, -0.15) is 0 Å². The van der Waals surface area contributed by atoms with Crippen LogP contribution in [0.2, 0.25) is 0 Å². The van der Waals surface area contributed by atoms with Crippen LogP contribution in [-0.2, 0) is 6.54 Å². The summed E-state index contributed by atoms with van der Waals surface area (Å²) in [5, 5.41) is 2.85. The Bertz CT molecular complexity index is 590. The second kappa shape index (κ2) is 8.24. The van der Waals surface area contributed by atoms with E-state index in [1.807, 2.05) is 31.2 Å². The van der Waals surface area contributed by atoms with Crippen LogP contribution in [0.15, 0.2) is 41.0 Å². The Morgan fingerprint density at radius 1 is 1.27 bits per heavy atom. The van der Waals surface area contributed by atoms with Gasteiger partial charge >= 0.3 is 0 Å². The highest BCUT2D eigenvalue weighted by atomic mass is 16.5. The molecule has 0 unspecified atom stereocenters. The molecule has 1 aromatic carbocycles. The van der Waals surface area contributed by atoms with E-state index in [1.54, 1.807) is 6.07 Å². The lowest BCUT2D eigenvalue weighted by Gasteiger charge is -2.07. The maximum atomic E-state index is 11.8. The molecular weight excluding hydrogens is 280 g/mol. The van der Waals surface area contributed by atoms with Gasteiger partial charge in [0.15, 0.2) is 0 Å². The molecule has 2 rings (SSSR count). The number of amides is 1. The third kappa shape index (κ3) is 4.93. The molecule has 2 aromatic rings. The SMILES string of the molecule is Cc1ccc(OCCCCNC(=O)c2coc(CN)c2)cc1. The molecule has 3 N–H and O–H groups in total. The lowest BCUT2D eigenvalue weighted by atomic mass is 10.2. The summed E-state index contributed by atoms with van der Waals surface area (Å²) in [4.78, 5) is 11.8. The topological polar surface area (TPSA) is 77.5 Å². The van der Waals surface area contributed by atoms with Gasteiger partial charge in [0.1, 0.15) is 17.8 Å². The number of furan rings is 1. The van der Waals surface area contributed by atoms with Crippen LogP contribution in [0.4, 0.5) is 0 Å². The summed E-state index contributed by atoms with van der Waals surface area (Å²) in [6.07, 6.45) is 3.17. The van der Waals surface area contributed by atoms with Crippen molar-refractivity contribution in [3.8, 4) is 5.75 Å². The molecule has 0 spiro atoms. The van der Waals surface area contributed by atoms with E-state index in [0.717, 1.165) is 18.6 Å². The van der Waals surface area contributed by atoms with Crippen molar-refractivity contribution in [1.29, 1.82) is 0 Å². The van der Waals surface area contributed by atoms with Gasteiger partial charge in [0.05, 0.1) is 18.7 Å². The standard InChI is InChI=1S/C17H22N2O3/c1-13-4-6-15(7-5-13)21-9-3-2-8-19-17(20)14-10-16(11-18)22-12-14/h4-7,10,12H,2-3,8-9,11,18H2,1H3,(H,19,20). The molecule has 0 bridgehead atoms. The van der Waals surface area contributed by atoms with Crippen LogP contribution in [0.5, 0.6) is 5.75 Å². The van der Waals surface area contributed by atoms with E-state index in [9.17, 15) is 4.79 Å². The third-order valence-electron chi connectivity index (χ3n) is 3.26.